The van der Waals surface area contributed by atoms with Crippen LogP contribution in [0.25, 0.3) is 0 Å². The standard InChI is InChI=1S/C12H17ClN4O3/c1-2-20-12(19)16-7-5-15(6-8-16)10(18)9-17-4-3-14-11(17)13/h3-4H,2,5-9H2,1H3. The highest BCUT2D eigenvalue weighted by Crippen LogP contribution is 2.08. The first-order valence-corrected chi connectivity index (χ1v) is 6.85. The van der Waals surface area contributed by atoms with Gasteiger partial charge in [-0.1, -0.05) is 0 Å². The van der Waals surface area contributed by atoms with Crippen LogP contribution in [0.3, 0.4) is 0 Å². The van der Waals surface area contributed by atoms with Crippen LogP contribution in [0, 0.1) is 0 Å². The van der Waals surface area contributed by atoms with Crippen molar-refractivity contribution >= 4 is 23.6 Å². The average Bonchev–Trinajstić information content (AvgIpc) is 2.85. The van der Waals surface area contributed by atoms with E-state index in [1.165, 1.54) is 0 Å². The van der Waals surface area contributed by atoms with Crippen LogP contribution in [-0.2, 0) is 16.1 Å². The van der Waals surface area contributed by atoms with Crippen LogP contribution in [0.1, 0.15) is 6.92 Å². The molecule has 0 N–H and O–H groups in total. The minimum Gasteiger partial charge on any atom is -0.450 e. The molecule has 0 atom stereocenters. The van der Waals surface area contributed by atoms with Crippen molar-refractivity contribution in [1.82, 2.24) is 19.4 Å². The third kappa shape index (κ3) is 3.41. The summed E-state index contributed by atoms with van der Waals surface area (Å²) in [4.78, 5) is 30.8. The normalized spacial score (nSPS) is 15.3. The lowest BCUT2D eigenvalue weighted by Crippen LogP contribution is -2.51. The van der Waals surface area contributed by atoms with Crippen LogP contribution in [0.2, 0.25) is 5.28 Å². The molecule has 1 aromatic heterocycles. The maximum absolute atomic E-state index is 12.1. The highest BCUT2D eigenvalue weighted by atomic mass is 35.5. The van der Waals surface area contributed by atoms with Crippen molar-refractivity contribution in [3.05, 3.63) is 17.7 Å². The number of ether oxygens (including phenoxy) is 1. The first-order chi connectivity index (χ1) is 9.61. The fourth-order valence-corrected chi connectivity index (χ4v) is 2.20. The van der Waals surface area contributed by atoms with Crippen LogP contribution in [0.5, 0.6) is 0 Å². The Hall–Kier alpha value is -1.76. The number of piperazine rings is 1. The highest BCUT2D eigenvalue weighted by Gasteiger charge is 2.24. The summed E-state index contributed by atoms with van der Waals surface area (Å²) < 4.78 is 6.52. The molecular weight excluding hydrogens is 284 g/mol. The molecule has 110 valence electrons. The SMILES string of the molecule is CCOC(=O)N1CCN(C(=O)Cn2ccnc2Cl)CC1. The number of nitrogens with zero attached hydrogens (tertiary/aromatic N) is 4. The highest BCUT2D eigenvalue weighted by molar-refractivity contribution is 6.28. The molecule has 2 heterocycles. The molecule has 0 spiro atoms. The molecule has 0 radical (unpaired) electrons. The second-order valence-corrected chi connectivity index (χ2v) is 4.73. The van der Waals surface area contributed by atoms with Gasteiger partial charge in [-0.05, 0) is 18.5 Å². The largest absolute Gasteiger partial charge is 0.450 e. The van der Waals surface area contributed by atoms with Gasteiger partial charge in [-0.2, -0.15) is 0 Å². The zero-order valence-electron chi connectivity index (χ0n) is 11.3. The van der Waals surface area contributed by atoms with Crippen LogP contribution < -0.4 is 0 Å². The summed E-state index contributed by atoms with van der Waals surface area (Å²) in [5.41, 5.74) is 0. The summed E-state index contributed by atoms with van der Waals surface area (Å²) >= 11 is 5.83. The van der Waals surface area contributed by atoms with Crippen molar-refractivity contribution in [3.8, 4) is 0 Å². The second kappa shape index (κ2) is 6.60. The predicted octanol–water partition coefficient (Wildman–Crippen LogP) is 0.837. The fraction of sp³-hybridized carbons (Fsp3) is 0.583. The van der Waals surface area contributed by atoms with Gasteiger partial charge in [-0.3, -0.25) is 4.79 Å². The number of aromatic nitrogens is 2. The second-order valence-electron chi connectivity index (χ2n) is 4.39. The van der Waals surface area contributed by atoms with E-state index in [4.69, 9.17) is 16.3 Å². The van der Waals surface area contributed by atoms with Gasteiger partial charge in [0.25, 0.3) is 0 Å². The molecule has 7 nitrogen and oxygen atoms in total. The van der Waals surface area contributed by atoms with E-state index >= 15 is 0 Å². The molecule has 0 aromatic carbocycles. The molecule has 0 saturated carbocycles. The van der Waals surface area contributed by atoms with Gasteiger partial charge in [0, 0.05) is 38.6 Å². The summed E-state index contributed by atoms with van der Waals surface area (Å²) in [7, 11) is 0. The molecule has 20 heavy (non-hydrogen) atoms. The van der Waals surface area contributed by atoms with Gasteiger partial charge in [0.15, 0.2) is 0 Å². The number of hydrogen-bond donors (Lipinski definition) is 0. The summed E-state index contributed by atoms with van der Waals surface area (Å²) in [6, 6.07) is 0. The zero-order chi connectivity index (χ0) is 14.5. The van der Waals surface area contributed by atoms with E-state index < -0.39 is 0 Å². The molecule has 1 aromatic rings. The summed E-state index contributed by atoms with van der Waals surface area (Å²) in [5, 5.41) is 0.295. The molecule has 1 aliphatic heterocycles. The van der Waals surface area contributed by atoms with E-state index in [-0.39, 0.29) is 18.5 Å². The maximum Gasteiger partial charge on any atom is 0.409 e. The Kier molecular flexibility index (Phi) is 4.84. The number of rotatable bonds is 3. The Morgan fingerprint density at radius 1 is 1.30 bits per heavy atom. The molecule has 1 fully saturated rings. The van der Waals surface area contributed by atoms with Crippen molar-refractivity contribution < 1.29 is 14.3 Å². The van der Waals surface area contributed by atoms with Crippen LogP contribution in [0.15, 0.2) is 12.4 Å². The minimum absolute atomic E-state index is 0.0339. The average molecular weight is 301 g/mol. The Morgan fingerprint density at radius 3 is 2.50 bits per heavy atom. The van der Waals surface area contributed by atoms with E-state index in [9.17, 15) is 9.59 Å². The smallest absolute Gasteiger partial charge is 0.409 e. The van der Waals surface area contributed by atoms with Gasteiger partial charge >= 0.3 is 6.09 Å². The number of carbonyl (C=O) groups is 2. The van der Waals surface area contributed by atoms with E-state index in [2.05, 4.69) is 4.98 Å². The molecule has 0 aliphatic carbocycles. The molecule has 1 aliphatic rings. The molecule has 1 saturated heterocycles. The first-order valence-electron chi connectivity index (χ1n) is 6.48. The predicted molar refractivity (Wildman–Crippen MR) is 72.4 cm³/mol. The Morgan fingerprint density at radius 2 is 1.95 bits per heavy atom. The van der Waals surface area contributed by atoms with Gasteiger partial charge in [0.05, 0.1) is 6.61 Å². The van der Waals surface area contributed by atoms with Crippen LogP contribution in [0.4, 0.5) is 4.79 Å². The van der Waals surface area contributed by atoms with E-state index in [1.54, 1.807) is 33.7 Å². The van der Waals surface area contributed by atoms with Crippen molar-refractivity contribution in [3.63, 3.8) is 0 Å². The lowest BCUT2D eigenvalue weighted by atomic mass is 10.3. The lowest BCUT2D eigenvalue weighted by Gasteiger charge is -2.34. The minimum atomic E-state index is -0.322. The Balaban J connectivity index is 1.83. The summed E-state index contributed by atoms with van der Waals surface area (Å²) in [5.74, 6) is -0.0339. The summed E-state index contributed by atoms with van der Waals surface area (Å²) in [6.45, 7) is 4.28. The van der Waals surface area contributed by atoms with Crippen molar-refractivity contribution in [1.29, 1.82) is 0 Å². The van der Waals surface area contributed by atoms with Gasteiger partial charge in [0.1, 0.15) is 6.54 Å². The zero-order valence-corrected chi connectivity index (χ0v) is 12.0. The number of hydrogen-bond acceptors (Lipinski definition) is 4. The van der Waals surface area contributed by atoms with Crippen LogP contribution >= 0.6 is 11.6 Å². The van der Waals surface area contributed by atoms with Gasteiger partial charge in [-0.25, -0.2) is 9.78 Å². The number of imidazole rings is 1. The van der Waals surface area contributed by atoms with E-state index in [0.29, 0.717) is 38.1 Å². The van der Waals surface area contributed by atoms with Gasteiger partial charge in [-0.15, -0.1) is 0 Å². The molecule has 0 bridgehead atoms. The quantitative estimate of drug-likeness (QED) is 0.829. The number of carbonyl (C=O) groups excluding carboxylic acids is 2. The van der Waals surface area contributed by atoms with Gasteiger partial charge < -0.3 is 19.1 Å². The third-order valence-electron chi connectivity index (χ3n) is 3.13. The van der Waals surface area contributed by atoms with E-state index in [0.717, 1.165) is 0 Å². The van der Waals surface area contributed by atoms with E-state index in [1.807, 2.05) is 0 Å². The van der Waals surface area contributed by atoms with Crippen molar-refractivity contribution in [2.24, 2.45) is 0 Å². The molecule has 2 rings (SSSR count). The number of halogens is 1. The van der Waals surface area contributed by atoms with Crippen molar-refractivity contribution in [2.75, 3.05) is 32.8 Å². The molecular formula is C12H17ClN4O3. The molecule has 2 amide bonds. The summed E-state index contributed by atoms with van der Waals surface area (Å²) in [6.07, 6.45) is 2.89. The van der Waals surface area contributed by atoms with Crippen molar-refractivity contribution in [2.45, 2.75) is 13.5 Å². The molecule has 8 heteroatoms. The third-order valence-corrected chi connectivity index (χ3v) is 3.44. The van der Waals surface area contributed by atoms with Gasteiger partial charge in [0.2, 0.25) is 11.2 Å². The first kappa shape index (κ1) is 14.6. The maximum atomic E-state index is 12.1. The molecule has 0 unspecified atom stereocenters. The van der Waals surface area contributed by atoms with Crippen LogP contribution in [-0.4, -0.2) is 64.1 Å². The number of amides is 2. The Bertz CT molecular complexity index is 483. The Labute approximate surface area is 122 Å². The topological polar surface area (TPSA) is 67.7 Å². The fourth-order valence-electron chi connectivity index (χ4n) is 2.03. The monoisotopic (exact) mass is 300 g/mol. The lowest BCUT2D eigenvalue weighted by molar-refractivity contribution is -0.133.